The van der Waals surface area contributed by atoms with Crippen LogP contribution in [0.3, 0.4) is 0 Å². The van der Waals surface area contributed by atoms with Crippen molar-refractivity contribution in [1.29, 1.82) is 0 Å². The molecule has 0 saturated heterocycles. The third kappa shape index (κ3) is 1.42. The molecular formula is C10H10ClNOS. The van der Waals surface area contributed by atoms with Gasteiger partial charge >= 0.3 is 0 Å². The van der Waals surface area contributed by atoms with Gasteiger partial charge in [-0.05, 0) is 17.7 Å². The largest absolute Gasteiger partial charge is 0.495 e. The molecule has 1 aromatic heterocycles. The highest BCUT2D eigenvalue weighted by Gasteiger charge is 2.07. The minimum absolute atomic E-state index is 0.431. The maximum atomic E-state index is 5.83. The van der Waals surface area contributed by atoms with Gasteiger partial charge in [0, 0.05) is 27.0 Å². The third-order valence-electron chi connectivity index (χ3n) is 2.16. The van der Waals surface area contributed by atoms with Crippen LogP contribution in [-0.2, 0) is 5.88 Å². The molecule has 74 valence electrons. The molecule has 0 aliphatic carbocycles. The Kier molecular flexibility index (Phi) is 2.52. The molecule has 0 aliphatic rings. The number of alkyl halides is 1. The third-order valence-corrected chi connectivity index (χ3v) is 3.38. The van der Waals surface area contributed by atoms with E-state index in [0.717, 1.165) is 27.1 Å². The van der Waals surface area contributed by atoms with E-state index in [1.54, 1.807) is 18.4 Å². The molecule has 2 rings (SSSR count). The number of benzene rings is 1. The van der Waals surface area contributed by atoms with Crippen molar-refractivity contribution >= 4 is 38.7 Å². The molecule has 4 heteroatoms. The van der Waals surface area contributed by atoms with E-state index in [4.69, 9.17) is 22.1 Å². The summed E-state index contributed by atoms with van der Waals surface area (Å²) in [5.41, 5.74) is 7.53. The average molecular weight is 228 g/mol. The van der Waals surface area contributed by atoms with Gasteiger partial charge in [-0.25, -0.2) is 0 Å². The second-order valence-corrected chi connectivity index (χ2v) is 4.16. The molecule has 0 fully saturated rings. The number of halogens is 1. The number of hydrogen-bond donors (Lipinski definition) is 1. The average Bonchev–Trinajstić information content (AvgIpc) is 2.58. The van der Waals surface area contributed by atoms with Gasteiger partial charge in [0.2, 0.25) is 0 Å². The number of nitrogen functional groups attached to an aromatic ring is 1. The van der Waals surface area contributed by atoms with Crippen LogP contribution in [0.5, 0.6) is 5.75 Å². The first kappa shape index (κ1) is 9.62. The molecule has 2 nitrogen and oxygen atoms in total. The molecule has 2 N–H and O–H groups in total. The van der Waals surface area contributed by atoms with Crippen LogP contribution in [0.4, 0.5) is 5.69 Å². The fourth-order valence-electron chi connectivity index (χ4n) is 1.38. The Labute approximate surface area is 91.2 Å². The lowest BCUT2D eigenvalue weighted by Crippen LogP contribution is -1.91. The number of nitrogens with two attached hydrogens (primary N) is 1. The van der Waals surface area contributed by atoms with Gasteiger partial charge in [0.25, 0.3) is 0 Å². The molecule has 0 atom stereocenters. The van der Waals surface area contributed by atoms with Crippen LogP contribution < -0.4 is 10.5 Å². The second kappa shape index (κ2) is 3.67. The lowest BCUT2D eigenvalue weighted by molar-refractivity contribution is 0.421. The minimum Gasteiger partial charge on any atom is -0.495 e. The molecule has 0 unspecified atom stereocenters. The van der Waals surface area contributed by atoms with Crippen LogP contribution in [0.15, 0.2) is 17.5 Å². The van der Waals surface area contributed by atoms with Crippen molar-refractivity contribution in [3.63, 3.8) is 0 Å². The zero-order valence-corrected chi connectivity index (χ0v) is 9.28. The monoisotopic (exact) mass is 227 g/mol. The van der Waals surface area contributed by atoms with Crippen molar-refractivity contribution in [3.05, 3.63) is 23.1 Å². The molecule has 2 aromatic rings. The molecule has 0 aliphatic heterocycles. The van der Waals surface area contributed by atoms with E-state index in [-0.39, 0.29) is 0 Å². The molecule has 0 amide bonds. The number of ether oxygens (including phenoxy) is 1. The summed E-state index contributed by atoms with van der Waals surface area (Å²) in [6.07, 6.45) is 0. The van der Waals surface area contributed by atoms with Crippen molar-refractivity contribution in [2.75, 3.05) is 12.8 Å². The van der Waals surface area contributed by atoms with E-state index in [0.29, 0.717) is 5.88 Å². The Hall–Kier alpha value is -0.930. The predicted octanol–water partition coefficient (Wildman–Crippen LogP) is 3.23. The SMILES string of the molecule is COc1csc2cc(N)c(CCl)cc12. The highest BCUT2D eigenvalue weighted by atomic mass is 35.5. The van der Waals surface area contributed by atoms with Crippen LogP contribution in [0.25, 0.3) is 10.1 Å². The zero-order chi connectivity index (χ0) is 10.1. The standard InChI is InChI=1S/C10H10ClNOS/c1-13-9-5-14-10-3-8(12)6(4-11)2-7(9)10/h2-3,5H,4,12H2,1H3. The molecular weight excluding hydrogens is 218 g/mol. The first-order valence-electron chi connectivity index (χ1n) is 4.16. The van der Waals surface area contributed by atoms with Crippen molar-refractivity contribution in [3.8, 4) is 5.75 Å². The Morgan fingerprint density at radius 2 is 2.29 bits per heavy atom. The van der Waals surface area contributed by atoms with Gasteiger partial charge in [0.05, 0.1) is 7.11 Å². The number of fused-ring (bicyclic) bond motifs is 1. The number of rotatable bonds is 2. The molecule has 0 bridgehead atoms. The number of thiophene rings is 1. The van der Waals surface area contributed by atoms with E-state index in [2.05, 4.69) is 0 Å². The van der Waals surface area contributed by atoms with Crippen LogP contribution in [-0.4, -0.2) is 7.11 Å². The van der Waals surface area contributed by atoms with Gasteiger partial charge in [-0.2, -0.15) is 0 Å². The molecule has 14 heavy (non-hydrogen) atoms. The minimum atomic E-state index is 0.431. The second-order valence-electron chi connectivity index (χ2n) is 2.98. The summed E-state index contributed by atoms with van der Waals surface area (Å²) >= 11 is 7.40. The fourth-order valence-corrected chi connectivity index (χ4v) is 2.55. The van der Waals surface area contributed by atoms with E-state index in [1.807, 2.05) is 17.5 Å². The van der Waals surface area contributed by atoms with Gasteiger partial charge < -0.3 is 10.5 Å². The summed E-state index contributed by atoms with van der Waals surface area (Å²) in [5, 5.41) is 3.06. The lowest BCUT2D eigenvalue weighted by atomic mass is 10.1. The Morgan fingerprint density at radius 3 is 2.93 bits per heavy atom. The van der Waals surface area contributed by atoms with Crippen LogP contribution >= 0.6 is 22.9 Å². The van der Waals surface area contributed by atoms with Crippen LogP contribution in [0.1, 0.15) is 5.56 Å². The van der Waals surface area contributed by atoms with Crippen molar-refractivity contribution in [2.24, 2.45) is 0 Å². The quantitative estimate of drug-likeness (QED) is 0.632. The molecule has 0 spiro atoms. The van der Waals surface area contributed by atoms with Crippen LogP contribution in [0.2, 0.25) is 0 Å². The van der Waals surface area contributed by atoms with E-state index >= 15 is 0 Å². The van der Waals surface area contributed by atoms with Gasteiger partial charge in [0.1, 0.15) is 5.75 Å². The molecule has 0 radical (unpaired) electrons. The summed E-state index contributed by atoms with van der Waals surface area (Å²) in [6, 6.07) is 3.94. The van der Waals surface area contributed by atoms with Crippen LogP contribution in [0, 0.1) is 0 Å². The Balaban J connectivity index is 2.70. The van der Waals surface area contributed by atoms with E-state index < -0.39 is 0 Å². The van der Waals surface area contributed by atoms with Gasteiger partial charge in [-0.1, -0.05) is 0 Å². The van der Waals surface area contributed by atoms with E-state index in [9.17, 15) is 0 Å². The molecule has 1 aromatic carbocycles. The van der Waals surface area contributed by atoms with Crippen molar-refractivity contribution in [1.82, 2.24) is 0 Å². The highest BCUT2D eigenvalue weighted by molar-refractivity contribution is 7.17. The normalized spacial score (nSPS) is 10.7. The highest BCUT2D eigenvalue weighted by Crippen LogP contribution is 2.35. The maximum Gasteiger partial charge on any atom is 0.137 e. The zero-order valence-electron chi connectivity index (χ0n) is 7.71. The van der Waals surface area contributed by atoms with Crippen molar-refractivity contribution < 1.29 is 4.74 Å². The topological polar surface area (TPSA) is 35.2 Å². The van der Waals surface area contributed by atoms with Gasteiger partial charge in [-0.3, -0.25) is 0 Å². The number of anilines is 1. The first-order chi connectivity index (χ1) is 6.76. The summed E-state index contributed by atoms with van der Waals surface area (Å²) < 4.78 is 6.37. The predicted molar refractivity (Wildman–Crippen MR) is 62.3 cm³/mol. The number of hydrogen-bond acceptors (Lipinski definition) is 3. The molecule has 1 heterocycles. The Morgan fingerprint density at radius 1 is 1.50 bits per heavy atom. The first-order valence-corrected chi connectivity index (χ1v) is 5.57. The molecule has 0 saturated carbocycles. The van der Waals surface area contributed by atoms with Gasteiger partial charge in [0.15, 0.2) is 0 Å². The smallest absolute Gasteiger partial charge is 0.137 e. The van der Waals surface area contributed by atoms with Gasteiger partial charge in [-0.15, -0.1) is 22.9 Å². The summed E-state index contributed by atoms with van der Waals surface area (Å²) in [7, 11) is 1.66. The lowest BCUT2D eigenvalue weighted by Gasteiger charge is -2.03. The maximum absolute atomic E-state index is 5.83. The van der Waals surface area contributed by atoms with E-state index in [1.165, 1.54) is 0 Å². The summed E-state index contributed by atoms with van der Waals surface area (Å²) in [4.78, 5) is 0. The summed E-state index contributed by atoms with van der Waals surface area (Å²) in [6.45, 7) is 0. The van der Waals surface area contributed by atoms with Crippen molar-refractivity contribution in [2.45, 2.75) is 5.88 Å². The Bertz CT molecular complexity index is 466. The summed E-state index contributed by atoms with van der Waals surface area (Å²) in [5.74, 6) is 1.32. The number of methoxy groups -OCH3 is 1. The fraction of sp³-hybridized carbons (Fsp3) is 0.200.